The molecule has 5 N–H and O–H groups in total. The van der Waals surface area contributed by atoms with E-state index in [4.69, 9.17) is 14.5 Å². The zero-order valence-electron chi connectivity index (χ0n) is 10.2. The molecule has 2 rings (SSSR count). The van der Waals surface area contributed by atoms with Gasteiger partial charge in [-0.15, -0.1) is 0 Å². The summed E-state index contributed by atoms with van der Waals surface area (Å²) in [7, 11) is -4.82. The maximum absolute atomic E-state index is 11.6. The van der Waals surface area contributed by atoms with E-state index >= 15 is 0 Å². The molecule has 2 heterocycles. The second-order valence-corrected chi connectivity index (χ2v) is 6.15. The van der Waals surface area contributed by atoms with Gasteiger partial charge in [0, 0.05) is 11.8 Å². The number of hydrogen-bond donors (Lipinski definition) is 5. The van der Waals surface area contributed by atoms with Crippen LogP contribution >= 0.6 is 7.60 Å². The van der Waals surface area contributed by atoms with Crippen LogP contribution < -0.4 is 11.2 Å². The summed E-state index contributed by atoms with van der Waals surface area (Å²) < 4.78 is 16.8. The van der Waals surface area contributed by atoms with Crippen LogP contribution in [0.25, 0.3) is 0 Å². The van der Waals surface area contributed by atoms with Crippen molar-refractivity contribution in [3.8, 4) is 0 Å². The zero-order chi connectivity index (χ0) is 15.2. The van der Waals surface area contributed by atoms with E-state index in [1.54, 1.807) is 0 Å². The molecular weight excluding hydrogens is 295 g/mol. The molecule has 1 aromatic rings. The van der Waals surface area contributed by atoms with Crippen LogP contribution in [0.15, 0.2) is 15.8 Å². The second kappa shape index (κ2) is 4.92. The Balaban J connectivity index is 2.45. The van der Waals surface area contributed by atoms with E-state index in [1.807, 2.05) is 4.98 Å². The minimum atomic E-state index is -4.82. The van der Waals surface area contributed by atoms with Gasteiger partial charge < -0.3 is 24.7 Å². The highest BCUT2D eigenvalue weighted by molar-refractivity contribution is 7.52. The fraction of sp³-hybridized carbons (Fsp3) is 0.556. The highest BCUT2D eigenvalue weighted by Gasteiger charge is 2.51. The van der Waals surface area contributed by atoms with Gasteiger partial charge in [-0.1, -0.05) is 0 Å². The molecular formula is C9H13N2O8P. The van der Waals surface area contributed by atoms with Gasteiger partial charge >= 0.3 is 13.3 Å². The molecule has 0 amide bonds. The molecule has 0 spiro atoms. The molecule has 112 valence electrons. The van der Waals surface area contributed by atoms with E-state index in [0.717, 1.165) is 10.8 Å². The fourth-order valence-electron chi connectivity index (χ4n) is 1.92. The number of rotatable bonds is 2. The van der Waals surface area contributed by atoms with Crippen LogP contribution in [-0.2, 0) is 9.30 Å². The lowest BCUT2D eigenvalue weighted by atomic mass is 10.2. The Morgan fingerprint density at radius 2 is 1.90 bits per heavy atom. The highest BCUT2D eigenvalue weighted by Crippen LogP contribution is 2.49. The highest BCUT2D eigenvalue weighted by atomic mass is 31.2. The van der Waals surface area contributed by atoms with Gasteiger partial charge in [-0.05, 0) is 6.92 Å². The minimum absolute atomic E-state index is 0.134. The Hall–Kier alpha value is -1.29. The topological polar surface area (TPSA) is 162 Å². The second-order valence-electron chi connectivity index (χ2n) is 4.47. The Bertz CT molecular complexity index is 675. The predicted octanol–water partition coefficient (Wildman–Crippen LogP) is -2.40. The molecule has 1 fully saturated rings. The number of hydrogen-bond acceptors (Lipinski definition) is 6. The van der Waals surface area contributed by atoms with E-state index in [9.17, 15) is 24.4 Å². The normalized spacial score (nSPS) is 30.6. The molecule has 0 bridgehead atoms. The quantitative estimate of drug-likeness (QED) is 0.378. The molecule has 0 aliphatic carbocycles. The molecule has 0 radical (unpaired) electrons. The monoisotopic (exact) mass is 308 g/mol. The molecule has 0 unspecified atom stereocenters. The number of H-pyrrole nitrogens is 1. The van der Waals surface area contributed by atoms with Crippen molar-refractivity contribution >= 4 is 7.60 Å². The van der Waals surface area contributed by atoms with Gasteiger partial charge in [-0.25, -0.2) is 4.79 Å². The zero-order valence-corrected chi connectivity index (χ0v) is 11.1. The number of ether oxygens (including phenoxy) is 1. The number of nitrogens with zero attached hydrogens (tertiary/aromatic N) is 1. The average molecular weight is 308 g/mol. The Morgan fingerprint density at radius 1 is 1.30 bits per heavy atom. The summed E-state index contributed by atoms with van der Waals surface area (Å²) in [6.07, 6.45) is -4.02. The van der Waals surface area contributed by atoms with Gasteiger partial charge in [0.05, 0.1) is 0 Å². The van der Waals surface area contributed by atoms with E-state index in [2.05, 4.69) is 0 Å². The number of aliphatic hydroxyl groups is 2. The average Bonchev–Trinajstić information content (AvgIpc) is 2.61. The van der Waals surface area contributed by atoms with Gasteiger partial charge in [0.1, 0.15) is 12.2 Å². The van der Waals surface area contributed by atoms with Crippen LogP contribution in [0.5, 0.6) is 0 Å². The van der Waals surface area contributed by atoms with Crippen molar-refractivity contribution in [1.29, 1.82) is 0 Å². The number of aromatic amines is 1. The molecule has 1 aliphatic heterocycles. The molecule has 10 nitrogen and oxygen atoms in total. The van der Waals surface area contributed by atoms with Crippen molar-refractivity contribution in [1.82, 2.24) is 9.55 Å². The number of aryl methyl sites for hydroxylation is 1. The first-order valence-corrected chi connectivity index (χ1v) is 7.20. The molecule has 20 heavy (non-hydrogen) atoms. The van der Waals surface area contributed by atoms with Crippen LogP contribution in [0.4, 0.5) is 0 Å². The van der Waals surface area contributed by atoms with Crippen molar-refractivity contribution in [3.05, 3.63) is 32.6 Å². The maximum atomic E-state index is 11.6. The first kappa shape index (κ1) is 15.1. The lowest BCUT2D eigenvalue weighted by molar-refractivity contribution is -0.0282. The van der Waals surface area contributed by atoms with Crippen LogP contribution in [0, 0.1) is 6.92 Å². The number of nitrogens with one attached hydrogen (secondary N) is 1. The Kier molecular flexibility index (Phi) is 3.71. The first-order chi connectivity index (χ1) is 9.12. The predicted molar refractivity (Wildman–Crippen MR) is 64.0 cm³/mol. The largest absolute Gasteiger partial charge is 0.387 e. The molecule has 1 aromatic heterocycles. The van der Waals surface area contributed by atoms with E-state index in [-0.39, 0.29) is 5.56 Å². The van der Waals surface area contributed by atoms with Crippen molar-refractivity contribution in [2.24, 2.45) is 0 Å². The first-order valence-electron chi connectivity index (χ1n) is 5.52. The van der Waals surface area contributed by atoms with Crippen LogP contribution in [0.3, 0.4) is 0 Å². The molecule has 0 saturated carbocycles. The van der Waals surface area contributed by atoms with Gasteiger partial charge in [0.2, 0.25) is 0 Å². The third kappa shape index (κ3) is 2.49. The summed E-state index contributed by atoms with van der Waals surface area (Å²) in [5.74, 6) is -1.94. The van der Waals surface area contributed by atoms with Crippen molar-refractivity contribution in [3.63, 3.8) is 0 Å². The molecule has 1 saturated heterocycles. The minimum Gasteiger partial charge on any atom is -0.387 e. The van der Waals surface area contributed by atoms with Crippen molar-refractivity contribution in [2.75, 3.05) is 0 Å². The Labute approximate surface area is 111 Å². The molecule has 11 heteroatoms. The lowest BCUT2D eigenvalue weighted by Crippen LogP contribution is -2.38. The van der Waals surface area contributed by atoms with Gasteiger partial charge in [-0.3, -0.25) is 18.9 Å². The van der Waals surface area contributed by atoms with Gasteiger partial charge in [-0.2, -0.15) is 0 Å². The SMILES string of the molecule is Cc1cn([C@H]2O[C@H](P(=O)(O)O)[C@@H](O)[C@@H]2O)c(=O)[nH]c1=O. The van der Waals surface area contributed by atoms with E-state index < -0.39 is 43.1 Å². The maximum Gasteiger partial charge on any atom is 0.356 e. The van der Waals surface area contributed by atoms with E-state index in [0.29, 0.717) is 0 Å². The summed E-state index contributed by atoms with van der Waals surface area (Å²) in [6, 6.07) is 0. The fourth-order valence-corrected chi connectivity index (χ4v) is 2.78. The smallest absolute Gasteiger partial charge is 0.356 e. The van der Waals surface area contributed by atoms with Crippen LogP contribution in [0.2, 0.25) is 0 Å². The molecule has 0 aromatic carbocycles. The van der Waals surface area contributed by atoms with Crippen molar-refractivity contribution in [2.45, 2.75) is 31.2 Å². The third-order valence-corrected chi connectivity index (χ3v) is 4.05. The summed E-state index contributed by atoms with van der Waals surface area (Å²) in [6.45, 7) is 1.40. The summed E-state index contributed by atoms with van der Waals surface area (Å²) in [5, 5.41) is 19.3. The van der Waals surface area contributed by atoms with Gasteiger partial charge in [0.15, 0.2) is 12.1 Å². The van der Waals surface area contributed by atoms with Crippen molar-refractivity contribution < 1.29 is 29.3 Å². The molecule has 4 atom stereocenters. The van der Waals surface area contributed by atoms with Gasteiger partial charge in [0.25, 0.3) is 5.56 Å². The third-order valence-electron chi connectivity index (χ3n) is 2.96. The molecule has 1 aliphatic rings. The summed E-state index contributed by atoms with van der Waals surface area (Å²) in [5.41, 5.74) is -1.43. The van der Waals surface area contributed by atoms with Crippen LogP contribution in [0.1, 0.15) is 11.8 Å². The lowest BCUT2D eigenvalue weighted by Gasteiger charge is -2.17. The number of aromatic nitrogens is 2. The standard InChI is InChI=1S/C9H13N2O8P/c1-3-2-11(9(15)10-6(3)14)7-4(12)5(13)8(19-7)20(16,17)18/h2,4-5,7-8,12-13H,1H3,(H,10,14,15)(H2,16,17,18)/t4-,5-,7-,8+/m0/s1. The Morgan fingerprint density at radius 3 is 2.40 bits per heavy atom. The summed E-state index contributed by atoms with van der Waals surface area (Å²) in [4.78, 5) is 42.8. The van der Waals surface area contributed by atoms with Crippen LogP contribution in [-0.4, -0.2) is 47.6 Å². The number of aliphatic hydroxyl groups excluding tert-OH is 2. The summed E-state index contributed by atoms with van der Waals surface area (Å²) >= 11 is 0. The van der Waals surface area contributed by atoms with E-state index in [1.165, 1.54) is 6.92 Å².